The van der Waals surface area contributed by atoms with Crippen molar-refractivity contribution < 1.29 is 24.4 Å². The molecule has 0 aromatic rings. The summed E-state index contributed by atoms with van der Waals surface area (Å²) in [5.41, 5.74) is 0. The van der Waals surface area contributed by atoms with E-state index in [9.17, 15) is 9.82 Å². The number of ether oxygens (including phenoxy) is 2. The van der Waals surface area contributed by atoms with Gasteiger partial charge >= 0.3 is 13.0 Å². The molecule has 0 radical (unpaired) electrons. The molecule has 4 atom stereocenters. The Balaban J connectivity index is 2.15. The van der Waals surface area contributed by atoms with Crippen molar-refractivity contribution in [3.63, 3.8) is 0 Å². The Labute approximate surface area is 100 Å². The number of hydrogen-bond donors (Lipinski definition) is 3. The number of carboxylic acid groups (broad SMARTS) is 1. The summed E-state index contributed by atoms with van der Waals surface area (Å²) in [5.74, 6) is -2.23. The van der Waals surface area contributed by atoms with Crippen LogP contribution in [-0.2, 0) is 14.3 Å². The molecule has 17 heavy (non-hydrogen) atoms. The molecule has 0 unspecified atom stereocenters. The van der Waals surface area contributed by atoms with E-state index in [2.05, 4.69) is 5.23 Å². The Morgan fingerprint density at radius 3 is 2.53 bits per heavy atom. The van der Waals surface area contributed by atoms with E-state index in [1.54, 1.807) is 20.7 Å². The van der Waals surface area contributed by atoms with Crippen molar-refractivity contribution in [1.82, 2.24) is 5.23 Å². The second-order valence-corrected chi connectivity index (χ2v) is 5.19. The Kier molecular flexibility index (Phi) is 3.20. The van der Waals surface area contributed by atoms with Crippen LogP contribution >= 0.6 is 0 Å². The molecule has 1 saturated carbocycles. The highest BCUT2D eigenvalue weighted by molar-refractivity contribution is 6.45. The molecule has 2 fully saturated rings. The second-order valence-electron chi connectivity index (χ2n) is 5.19. The fourth-order valence-electron chi connectivity index (χ4n) is 2.70. The van der Waals surface area contributed by atoms with Crippen LogP contribution in [0.25, 0.3) is 0 Å². The fraction of sp³-hybridized carbons (Fsp3) is 0.900. The molecular weight excluding hydrogens is 225 g/mol. The van der Waals surface area contributed by atoms with E-state index < -0.39 is 30.8 Å². The third-order valence-electron chi connectivity index (χ3n) is 3.24. The molecule has 7 heteroatoms. The molecule has 0 aromatic heterocycles. The summed E-state index contributed by atoms with van der Waals surface area (Å²) >= 11 is 0. The Morgan fingerprint density at radius 1 is 1.41 bits per heavy atom. The van der Waals surface area contributed by atoms with Gasteiger partial charge in [-0.25, -0.2) is 0 Å². The minimum atomic E-state index is -0.879. The monoisotopic (exact) mass is 243 g/mol. The zero-order valence-corrected chi connectivity index (χ0v) is 10.2. The summed E-state index contributed by atoms with van der Waals surface area (Å²) in [7, 11) is -0.694. The minimum absolute atomic E-state index is 0.192. The quantitative estimate of drug-likeness (QED) is 0.589. The molecule has 0 amide bonds. The van der Waals surface area contributed by atoms with Crippen molar-refractivity contribution in [3.05, 3.63) is 0 Å². The van der Waals surface area contributed by atoms with Crippen molar-refractivity contribution in [3.8, 4) is 0 Å². The molecular formula is C10H18BNO5. The average Bonchev–Trinajstić information content (AvgIpc) is 2.60. The van der Waals surface area contributed by atoms with E-state index in [1.807, 2.05) is 0 Å². The lowest BCUT2D eigenvalue weighted by Crippen LogP contribution is -2.46. The number of hydrogen-bond acceptors (Lipinski definition) is 5. The second kappa shape index (κ2) is 4.24. The van der Waals surface area contributed by atoms with Crippen molar-refractivity contribution in [1.29, 1.82) is 0 Å². The van der Waals surface area contributed by atoms with Crippen LogP contribution in [0.5, 0.6) is 0 Å². The highest BCUT2D eigenvalue weighted by Crippen LogP contribution is 2.41. The minimum Gasteiger partial charge on any atom is -0.481 e. The molecule has 1 saturated heterocycles. The number of aliphatic carboxylic acids is 1. The molecule has 0 bridgehead atoms. The number of rotatable bonds is 3. The van der Waals surface area contributed by atoms with E-state index in [1.165, 1.54) is 0 Å². The topological polar surface area (TPSA) is 88.0 Å². The zero-order chi connectivity index (χ0) is 12.8. The van der Waals surface area contributed by atoms with Gasteiger partial charge in [0.15, 0.2) is 5.79 Å². The first-order valence-corrected chi connectivity index (χ1v) is 5.83. The lowest BCUT2D eigenvalue weighted by molar-refractivity contribution is -0.166. The summed E-state index contributed by atoms with van der Waals surface area (Å²) in [6, 6.07) is -0.192. The van der Waals surface area contributed by atoms with Crippen molar-refractivity contribution in [2.75, 3.05) is 0 Å². The molecule has 1 heterocycles. The first kappa shape index (κ1) is 12.8. The van der Waals surface area contributed by atoms with Gasteiger partial charge in [-0.1, -0.05) is 0 Å². The molecule has 1 aliphatic heterocycles. The van der Waals surface area contributed by atoms with Gasteiger partial charge in [-0.05, 0) is 27.1 Å². The average molecular weight is 243 g/mol. The van der Waals surface area contributed by atoms with Gasteiger partial charge in [0.05, 0.1) is 5.92 Å². The van der Waals surface area contributed by atoms with Gasteiger partial charge in [-0.3, -0.25) is 4.79 Å². The summed E-state index contributed by atoms with van der Waals surface area (Å²) in [6.07, 6.45) is -0.356. The van der Waals surface area contributed by atoms with Crippen molar-refractivity contribution >= 4 is 13.0 Å². The number of fused-ring (bicyclic) bond motifs is 1. The first-order chi connectivity index (χ1) is 7.80. The number of nitrogens with one attached hydrogen (secondary N) is 1. The maximum absolute atomic E-state index is 11.2. The standard InChI is InChI=1S/C10H18BNO5/c1-10(2)16-7-5(9(13)14)4-6(8(7)17-10)12-11(3)15/h5-8,12,15H,4H2,1-3H3,(H,13,14)/t5-,6+,7+,8-/m0/s1. The van der Waals surface area contributed by atoms with Gasteiger partial charge in [0.2, 0.25) is 0 Å². The third kappa shape index (κ3) is 2.47. The summed E-state index contributed by atoms with van der Waals surface area (Å²) in [5, 5.41) is 21.4. The fourth-order valence-corrected chi connectivity index (χ4v) is 2.70. The van der Waals surface area contributed by atoms with Gasteiger partial charge in [-0.2, -0.15) is 0 Å². The normalized spacial score (nSPS) is 39.1. The van der Waals surface area contributed by atoms with Crippen LogP contribution in [0.2, 0.25) is 6.82 Å². The predicted molar refractivity (Wildman–Crippen MR) is 60.3 cm³/mol. The molecule has 2 aliphatic rings. The SMILES string of the molecule is CB(O)N[C@@H]1C[C@H](C(=O)O)[C@H]2OC(C)(C)O[C@H]21. The third-order valence-corrected chi connectivity index (χ3v) is 3.24. The van der Waals surface area contributed by atoms with Gasteiger partial charge < -0.3 is 24.8 Å². The molecule has 96 valence electrons. The number of carbonyl (C=O) groups is 1. The Morgan fingerprint density at radius 2 is 2.00 bits per heavy atom. The highest BCUT2D eigenvalue weighted by atomic mass is 16.8. The van der Waals surface area contributed by atoms with Crippen LogP contribution in [-0.4, -0.2) is 47.2 Å². The lowest BCUT2D eigenvalue weighted by Gasteiger charge is -2.23. The molecule has 1 aliphatic carbocycles. The first-order valence-electron chi connectivity index (χ1n) is 5.83. The van der Waals surface area contributed by atoms with Crippen LogP contribution in [0.15, 0.2) is 0 Å². The van der Waals surface area contributed by atoms with E-state index in [0.717, 1.165) is 0 Å². The summed E-state index contributed by atoms with van der Waals surface area (Å²) < 4.78 is 11.3. The number of carboxylic acids is 1. The van der Waals surface area contributed by atoms with E-state index in [-0.39, 0.29) is 12.1 Å². The molecule has 2 rings (SSSR count). The van der Waals surface area contributed by atoms with Gasteiger partial charge in [-0.15, -0.1) is 0 Å². The molecule has 0 aromatic carbocycles. The van der Waals surface area contributed by atoms with Gasteiger partial charge in [0.1, 0.15) is 12.2 Å². The van der Waals surface area contributed by atoms with Crippen LogP contribution in [0, 0.1) is 5.92 Å². The molecule has 6 nitrogen and oxygen atoms in total. The summed E-state index contributed by atoms with van der Waals surface area (Å²) in [4.78, 5) is 11.2. The van der Waals surface area contributed by atoms with E-state index in [4.69, 9.17) is 14.6 Å². The largest absolute Gasteiger partial charge is 0.481 e. The lowest BCUT2D eigenvalue weighted by atomic mass is 9.86. The molecule has 0 spiro atoms. The predicted octanol–water partition coefficient (Wildman–Crippen LogP) is -0.320. The van der Waals surface area contributed by atoms with Gasteiger partial charge in [0.25, 0.3) is 0 Å². The Bertz CT molecular complexity index is 322. The maximum atomic E-state index is 11.2. The van der Waals surface area contributed by atoms with Crippen molar-refractivity contribution in [2.45, 2.75) is 51.1 Å². The smallest absolute Gasteiger partial charge is 0.373 e. The highest BCUT2D eigenvalue weighted by Gasteiger charge is 2.56. The Hall–Kier alpha value is -0.625. The summed E-state index contributed by atoms with van der Waals surface area (Å²) in [6.45, 7) is 5.14. The van der Waals surface area contributed by atoms with Crippen LogP contribution < -0.4 is 5.23 Å². The van der Waals surface area contributed by atoms with Crippen LogP contribution in [0.1, 0.15) is 20.3 Å². The zero-order valence-electron chi connectivity index (χ0n) is 10.2. The van der Waals surface area contributed by atoms with Crippen molar-refractivity contribution in [2.24, 2.45) is 5.92 Å². The van der Waals surface area contributed by atoms with E-state index >= 15 is 0 Å². The van der Waals surface area contributed by atoms with Crippen LogP contribution in [0.3, 0.4) is 0 Å². The van der Waals surface area contributed by atoms with E-state index in [0.29, 0.717) is 6.42 Å². The maximum Gasteiger partial charge on any atom is 0.373 e. The van der Waals surface area contributed by atoms with Gasteiger partial charge in [0, 0.05) is 6.04 Å². The van der Waals surface area contributed by atoms with Crippen LogP contribution in [0.4, 0.5) is 0 Å². The molecule has 3 N–H and O–H groups in total.